The Morgan fingerprint density at radius 3 is 2.29 bits per heavy atom. The van der Waals surface area contributed by atoms with Crippen molar-refractivity contribution in [2.75, 3.05) is 7.05 Å². The van der Waals surface area contributed by atoms with Crippen LogP contribution in [-0.4, -0.2) is 36.7 Å². The second-order valence-electron chi connectivity index (χ2n) is 2.91. The Morgan fingerprint density at radius 1 is 1.29 bits per heavy atom. The molecule has 0 aliphatic heterocycles. The van der Waals surface area contributed by atoms with Crippen LogP contribution < -0.4 is 0 Å². The normalized spacial score (nSPS) is 9.94. The number of nitro groups is 3. The molecule has 0 bridgehead atoms. The van der Waals surface area contributed by atoms with Crippen molar-refractivity contribution in [3.05, 3.63) is 36.4 Å². The first-order valence-electron chi connectivity index (χ1n) is 4.05. The third-order valence-electron chi connectivity index (χ3n) is 1.74. The fourth-order valence-electron chi connectivity index (χ4n) is 0.980. The summed E-state index contributed by atoms with van der Waals surface area (Å²) in [6, 6.07) is 0.633. The van der Waals surface area contributed by atoms with Crippen molar-refractivity contribution in [3.8, 4) is 0 Å². The molecule has 12 nitrogen and oxygen atoms in total. The predicted octanol–water partition coefficient (Wildman–Crippen LogP) is -0.219. The van der Waals surface area contributed by atoms with Gasteiger partial charge in [0.1, 0.15) is 6.07 Å². The molecule has 1 heterocycles. The van der Waals surface area contributed by atoms with Crippen molar-refractivity contribution < 1.29 is 14.9 Å². The summed E-state index contributed by atoms with van der Waals surface area (Å²) in [7, 11) is 1.05. The minimum atomic E-state index is -0.921. The maximum atomic E-state index is 10.5. The molecule has 0 aliphatic rings. The maximum absolute atomic E-state index is 10.5. The molecule has 0 N–H and O–H groups in total. The van der Waals surface area contributed by atoms with Gasteiger partial charge in [0.05, 0.1) is 7.05 Å². The molecule has 0 amide bonds. The zero-order valence-corrected chi connectivity index (χ0v) is 8.42. The number of hydrazine groups is 1. The average Bonchev–Trinajstić information content (AvgIpc) is 2.61. The van der Waals surface area contributed by atoms with E-state index in [1.165, 1.54) is 0 Å². The van der Waals surface area contributed by atoms with Crippen molar-refractivity contribution in [1.29, 1.82) is 0 Å². The SMILES string of the molecule is CN(Cn1nc([N+](=O)[O-])cc1[N+](=O)[O-])[N+](=O)[O-]. The number of hydrogen-bond donors (Lipinski definition) is 0. The molecule has 1 aromatic rings. The van der Waals surface area contributed by atoms with Gasteiger partial charge in [-0.05, 0) is 14.5 Å². The van der Waals surface area contributed by atoms with Gasteiger partial charge in [-0.1, -0.05) is 5.01 Å². The summed E-state index contributed by atoms with van der Waals surface area (Å²) < 4.78 is 0.570. The van der Waals surface area contributed by atoms with E-state index >= 15 is 0 Å². The molecule has 1 rings (SSSR count). The lowest BCUT2D eigenvalue weighted by Gasteiger charge is -2.02. The highest BCUT2D eigenvalue weighted by molar-refractivity contribution is 5.31. The molecule has 0 atom stereocenters. The van der Waals surface area contributed by atoms with Crippen LogP contribution in [0.4, 0.5) is 11.6 Å². The van der Waals surface area contributed by atoms with Crippen LogP contribution in [0.3, 0.4) is 0 Å². The second-order valence-corrected chi connectivity index (χ2v) is 2.91. The third-order valence-corrected chi connectivity index (χ3v) is 1.74. The Bertz CT molecular complexity index is 481. The number of hydrogen-bond acceptors (Lipinski definition) is 7. The molecule has 0 aromatic carbocycles. The van der Waals surface area contributed by atoms with Crippen LogP contribution >= 0.6 is 0 Å². The average molecular weight is 246 g/mol. The summed E-state index contributed by atoms with van der Waals surface area (Å²) in [5.74, 6) is -1.43. The number of aromatic nitrogens is 2. The van der Waals surface area contributed by atoms with Crippen LogP contribution in [0.25, 0.3) is 0 Å². The molecule has 0 fully saturated rings. The van der Waals surface area contributed by atoms with Crippen molar-refractivity contribution in [2.45, 2.75) is 6.67 Å². The highest BCUT2D eigenvalue weighted by Crippen LogP contribution is 2.18. The fraction of sp³-hybridized carbons (Fsp3) is 0.400. The van der Waals surface area contributed by atoms with Gasteiger partial charge in [0.2, 0.25) is 0 Å². The summed E-state index contributed by atoms with van der Waals surface area (Å²) in [6.07, 6.45) is 0. The zero-order valence-electron chi connectivity index (χ0n) is 8.42. The molecule has 0 radical (unpaired) electrons. The molecule has 0 saturated carbocycles. The van der Waals surface area contributed by atoms with Crippen molar-refractivity contribution in [2.24, 2.45) is 0 Å². The van der Waals surface area contributed by atoms with Gasteiger partial charge in [-0.25, -0.2) is 10.1 Å². The minimum Gasteiger partial charge on any atom is -0.358 e. The van der Waals surface area contributed by atoms with Gasteiger partial charge in [-0.15, -0.1) is 0 Å². The van der Waals surface area contributed by atoms with Crippen molar-refractivity contribution >= 4 is 11.6 Å². The first kappa shape index (κ1) is 12.3. The number of rotatable bonds is 5. The van der Waals surface area contributed by atoms with E-state index in [0.29, 0.717) is 15.8 Å². The summed E-state index contributed by atoms with van der Waals surface area (Å²) in [6.45, 7) is -0.572. The Hall–Kier alpha value is -2.79. The van der Waals surface area contributed by atoms with Crippen molar-refractivity contribution in [1.82, 2.24) is 14.8 Å². The molecular weight excluding hydrogens is 240 g/mol. The van der Waals surface area contributed by atoms with E-state index in [1.54, 1.807) is 0 Å². The van der Waals surface area contributed by atoms with Crippen LogP contribution in [0.2, 0.25) is 0 Å². The van der Waals surface area contributed by atoms with Gasteiger partial charge in [-0.3, -0.25) is 0 Å². The third kappa shape index (κ3) is 2.61. The van der Waals surface area contributed by atoms with Gasteiger partial charge in [-0.2, -0.15) is 0 Å². The quantitative estimate of drug-likeness (QED) is 0.510. The van der Waals surface area contributed by atoms with Gasteiger partial charge in [0.25, 0.3) is 6.67 Å². The summed E-state index contributed by atoms with van der Waals surface area (Å²) >= 11 is 0. The Kier molecular flexibility index (Phi) is 3.16. The smallest absolute Gasteiger partial charge is 0.358 e. The highest BCUT2D eigenvalue weighted by Gasteiger charge is 2.30. The first-order chi connectivity index (χ1) is 7.82. The molecule has 12 heteroatoms. The summed E-state index contributed by atoms with van der Waals surface area (Å²) in [5.41, 5.74) is 0. The van der Waals surface area contributed by atoms with E-state index in [1.807, 2.05) is 0 Å². The van der Waals surface area contributed by atoms with E-state index in [2.05, 4.69) is 5.10 Å². The van der Waals surface area contributed by atoms with Gasteiger partial charge in [0, 0.05) is 0 Å². The number of nitrogens with zero attached hydrogens (tertiary/aromatic N) is 6. The molecule has 0 spiro atoms. The molecule has 92 valence electrons. The van der Waals surface area contributed by atoms with Crippen LogP contribution in [-0.2, 0) is 6.67 Å². The lowest BCUT2D eigenvalue weighted by Crippen LogP contribution is -2.28. The zero-order chi connectivity index (χ0) is 13.2. The Morgan fingerprint density at radius 2 is 1.88 bits per heavy atom. The van der Waals surface area contributed by atoms with E-state index in [9.17, 15) is 30.3 Å². The topological polar surface area (TPSA) is 150 Å². The fourth-order valence-corrected chi connectivity index (χ4v) is 0.980. The first-order valence-corrected chi connectivity index (χ1v) is 4.05. The van der Waals surface area contributed by atoms with E-state index in [-0.39, 0.29) is 0 Å². The minimum absolute atomic E-state index is 0.504. The van der Waals surface area contributed by atoms with E-state index in [4.69, 9.17) is 0 Å². The van der Waals surface area contributed by atoms with Crippen LogP contribution in [0.1, 0.15) is 0 Å². The van der Waals surface area contributed by atoms with Gasteiger partial charge < -0.3 is 20.2 Å². The summed E-state index contributed by atoms with van der Waals surface area (Å²) in [4.78, 5) is 29.4. The lowest BCUT2D eigenvalue weighted by molar-refractivity contribution is -0.656. The van der Waals surface area contributed by atoms with E-state index < -0.39 is 33.2 Å². The molecule has 17 heavy (non-hydrogen) atoms. The highest BCUT2D eigenvalue weighted by atomic mass is 16.7. The Balaban J connectivity index is 3.08. The van der Waals surface area contributed by atoms with Gasteiger partial charge >= 0.3 is 11.6 Å². The monoisotopic (exact) mass is 246 g/mol. The second kappa shape index (κ2) is 4.38. The molecule has 0 saturated heterocycles. The standard InChI is InChI=1S/C5H6N6O6/c1-7(11(16)17)3-8-5(10(14)15)2-4(6-8)9(12)13/h2H,3H2,1H3. The van der Waals surface area contributed by atoms with Gasteiger partial charge in [0.15, 0.2) is 10.1 Å². The Labute approximate surface area is 92.5 Å². The van der Waals surface area contributed by atoms with Crippen LogP contribution in [0.15, 0.2) is 6.07 Å². The molecule has 1 aromatic heterocycles. The summed E-state index contributed by atoms with van der Waals surface area (Å²) in [5, 5.41) is 34.2. The molecule has 0 unspecified atom stereocenters. The predicted molar refractivity (Wildman–Crippen MR) is 50.3 cm³/mol. The van der Waals surface area contributed by atoms with Crippen LogP contribution in [0.5, 0.6) is 0 Å². The largest absolute Gasteiger partial charge is 0.420 e. The molecular formula is C5H6N6O6. The molecule has 0 aliphatic carbocycles. The lowest BCUT2D eigenvalue weighted by atomic mass is 10.6. The van der Waals surface area contributed by atoms with E-state index in [0.717, 1.165) is 7.05 Å². The van der Waals surface area contributed by atoms with Crippen molar-refractivity contribution in [3.63, 3.8) is 0 Å². The van der Waals surface area contributed by atoms with Crippen LogP contribution in [0, 0.1) is 30.3 Å². The maximum Gasteiger partial charge on any atom is 0.420 e.